The van der Waals surface area contributed by atoms with Crippen LogP contribution in [0.3, 0.4) is 0 Å². The average Bonchev–Trinajstić information content (AvgIpc) is 2.53. The number of hydrogen-bond acceptors (Lipinski definition) is 1. The molecule has 1 amide bonds. The maximum atomic E-state index is 11.8. The standard InChI is InChI=1S/C19H23NO/c1-2-3-4-5-6-7-8-9-10-11-13-16-19(21)20-17-14-12-15-18-20/h2-3,10-11,13,16H,8-9,12,14-15,17-18H2,1H3/b3-2+,11-10+,16-13+. The molecule has 0 bridgehead atoms. The van der Waals surface area contributed by atoms with E-state index in [1.165, 1.54) is 6.42 Å². The molecular weight excluding hydrogens is 258 g/mol. The summed E-state index contributed by atoms with van der Waals surface area (Å²) in [6.45, 7) is 3.73. The van der Waals surface area contributed by atoms with Crippen molar-refractivity contribution in [2.24, 2.45) is 0 Å². The Bertz CT molecular complexity index is 511. The molecule has 0 aromatic heterocycles. The van der Waals surface area contributed by atoms with Gasteiger partial charge < -0.3 is 4.90 Å². The highest BCUT2D eigenvalue weighted by Gasteiger charge is 2.12. The number of hydrogen-bond donors (Lipinski definition) is 0. The zero-order chi connectivity index (χ0) is 15.2. The van der Waals surface area contributed by atoms with Crippen LogP contribution in [0.15, 0.2) is 36.5 Å². The van der Waals surface area contributed by atoms with Crippen molar-refractivity contribution in [3.05, 3.63) is 36.5 Å². The molecule has 1 saturated heterocycles. The molecule has 1 aliphatic rings. The zero-order valence-corrected chi connectivity index (χ0v) is 12.8. The largest absolute Gasteiger partial charge is 0.339 e. The Hall–Kier alpha value is -2.19. The summed E-state index contributed by atoms with van der Waals surface area (Å²) in [5.74, 6) is 11.5. The number of piperidine rings is 1. The lowest BCUT2D eigenvalue weighted by Crippen LogP contribution is -2.34. The van der Waals surface area contributed by atoms with Crippen LogP contribution < -0.4 is 0 Å². The summed E-state index contributed by atoms with van der Waals surface area (Å²) in [6.07, 6.45) is 16.2. The van der Waals surface area contributed by atoms with E-state index < -0.39 is 0 Å². The topological polar surface area (TPSA) is 20.3 Å². The van der Waals surface area contributed by atoms with Gasteiger partial charge in [0, 0.05) is 25.6 Å². The fraction of sp³-hybridized carbons (Fsp3) is 0.421. The van der Waals surface area contributed by atoms with E-state index in [1.54, 1.807) is 12.2 Å². The van der Waals surface area contributed by atoms with Gasteiger partial charge in [-0.25, -0.2) is 0 Å². The predicted molar refractivity (Wildman–Crippen MR) is 88.3 cm³/mol. The lowest BCUT2D eigenvalue weighted by molar-refractivity contribution is -0.126. The molecule has 0 aromatic rings. The number of rotatable bonds is 4. The molecule has 0 N–H and O–H groups in total. The Morgan fingerprint density at radius 2 is 1.95 bits per heavy atom. The highest BCUT2D eigenvalue weighted by molar-refractivity contribution is 5.87. The molecule has 0 saturated carbocycles. The number of carbonyl (C=O) groups excluding carboxylic acids is 1. The van der Waals surface area contributed by atoms with Crippen molar-refractivity contribution in [3.63, 3.8) is 0 Å². The molecule has 21 heavy (non-hydrogen) atoms. The van der Waals surface area contributed by atoms with Gasteiger partial charge in [0.1, 0.15) is 0 Å². The van der Waals surface area contributed by atoms with E-state index in [4.69, 9.17) is 0 Å². The van der Waals surface area contributed by atoms with Crippen molar-refractivity contribution >= 4 is 5.91 Å². The molecule has 1 aliphatic heterocycles. The quantitative estimate of drug-likeness (QED) is 0.334. The third-order valence-electron chi connectivity index (χ3n) is 3.06. The van der Waals surface area contributed by atoms with E-state index in [9.17, 15) is 4.79 Å². The summed E-state index contributed by atoms with van der Waals surface area (Å²) in [5.41, 5.74) is 0. The minimum Gasteiger partial charge on any atom is -0.339 e. The van der Waals surface area contributed by atoms with Gasteiger partial charge in [0.25, 0.3) is 0 Å². The molecule has 0 atom stereocenters. The van der Waals surface area contributed by atoms with Gasteiger partial charge in [-0.1, -0.05) is 36.1 Å². The van der Waals surface area contributed by atoms with Gasteiger partial charge in [0.05, 0.1) is 0 Å². The van der Waals surface area contributed by atoms with Crippen molar-refractivity contribution in [3.8, 4) is 23.7 Å². The highest BCUT2D eigenvalue weighted by atomic mass is 16.2. The van der Waals surface area contributed by atoms with E-state index >= 15 is 0 Å². The number of unbranched alkanes of at least 4 members (excludes halogenated alkanes) is 1. The Kier molecular flexibility index (Phi) is 9.33. The molecule has 0 unspecified atom stereocenters. The van der Waals surface area contributed by atoms with Gasteiger partial charge in [0.2, 0.25) is 5.91 Å². The smallest absolute Gasteiger partial charge is 0.246 e. The van der Waals surface area contributed by atoms with Crippen molar-refractivity contribution < 1.29 is 4.79 Å². The summed E-state index contributed by atoms with van der Waals surface area (Å²) < 4.78 is 0. The van der Waals surface area contributed by atoms with Crippen LogP contribution in [0.25, 0.3) is 0 Å². The lowest BCUT2D eigenvalue weighted by atomic mass is 10.1. The molecule has 0 radical (unpaired) electrons. The maximum Gasteiger partial charge on any atom is 0.246 e. The van der Waals surface area contributed by atoms with Gasteiger partial charge in [-0.15, -0.1) is 0 Å². The molecule has 0 spiro atoms. The van der Waals surface area contributed by atoms with Crippen molar-refractivity contribution in [1.29, 1.82) is 0 Å². The summed E-state index contributed by atoms with van der Waals surface area (Å²) in [6, 6.07) is 0. The van der Waals surface area contributed by atoms with Crippen molar-refractivity contribution in [2.45, 2.75) is 39.0 Å². The Labute approximate surface area is 128 Å². The van der Waals surface area contributed by atoms with Crippen LogP contribution in [-0.2, 0) is 4.79 Å². The maximum absolute atomic E-state index is 11.8. The highest BCUT2D eigenvalue weighted by Crippen LogP contribution is 2.08. The van der Waals surface area contributed by atoms with Crippen molar-refractivity contribution in [2.75, 3.05) is 13.1 Å². The number of carbonyl (C=O) groups is 1. The SMILES string of the molecule is C/C=C/C#CC#CCC/C=C/C=C/C(=O)N1CCCCC1. The van der Waals surface area contributed by atoms with Crippen LogP contribution in [-0.4, -0.2) is 23.9 Å². The number of allylic oxidation sites excluding steroid dienone is 5. The summed E-state index contributed by atoms with van der Waals surface area (Å²) in [5, 5.41) is 0. The van der Waals surface area contributed by atoms with Crippen LogP contribution in [0.5, 0.6) is 0 Å². The Morgan fingerprint density at radius 3 is 2.71 bits per heavy atom. The fourth-order valence-electron chi connectivity index (χ4n) is 1.96. The number of likely N-dealkylation sites (tertiary alicyclic amines) is 1. The molecular formula is C19H23NO. The van der Waals surface area contributed by atoms with E-state index in [-0.39, 0.29) is 5.91 Å². The summed E-state index contributed by atoms with van der Waals surface area (Å²) in [7, 11) is 0. The van der Waals surface area contributed by atoms with Crippen LogP contribution >= 0.6 is 0 Å². The molecule has 1 rings (SSSR count). The van der Waals surface area contributed by atoms with E-state index in [0.29, 0.717) is 0 Å². The zero-order valence-electron chi connectivity index (χ0n) is 12.8. The second-order valence-electron chi connectivity index (χ2n) is 4.78. The lowest BCUT2D eigenvalue weighted by Gasteiger charge is -2.25. The third-order valence-corrected chi connectivity index (χ3v) is 3.06. The molecule has 2 heteroatoms. The fourth-order valence-corrected chi connectivity index (χ4v) is 1.96. The molecule has 1 fully saturated rings. The third kappa shape index (κ3) is 8.56. The van der Waals surface area contributed by atoms with Gasteiger partial charge in [-0.05, 0) is 50.5 Å². The second kappa shape index (κ2) is 11.6. The Balaban J connectivity index is 2.18. The van der Waals surface area contributed by atoms with Gasteiger partial charge in [-0.3, -0.25) is 4.79 Å². The van der Waals surface area contributed by atoms with Gasteiger partial charge in [0.15, 0.2) is 0 Å². The first-order valence-corrected chi connectivity index (χ1v) is 7.56. The first kappa shape index (κ1) is 16.9. The molecule has 110 valence electrons. The van der Waals surface area contributed by atoms with E-state index in [1.807, 2.05) is 36.1 Å². The van der Waals surface area contributed by atoms with Crippen LogP contribution in [0, 0.1) is 23.7 Å². The van der Waals surface area contributed by atoms with Gasteiger partial charge >= 0.3 is 0 Å². The average molecular weight is 281 g/mol. The van der Waals surface area contributed by atoms with Crippen LogP contribution in [0.1, 0.15) is 39.0 Å². The second-order valence-corrected chi connectivity index (χ2v) is 4.78. The normalized spacial score (nSPS) is 15.0. The minimum absolute atomic E-state index is 0.124. The monoisotopic (exact) mass is 281 g/mol. The first-order valence-electron chi connectivity index (χ1n) is 7.56. The summed E-state index contributed by atoms with van der Waals surface area (Å²) >= 11 is 0. The van der Waals surface area contributed by atoms with Gasteiger partial charge in [-0.2, -0.15) is 0 Å². The number of amides is 1. The molecule has 0 aliphatic carbocycles. The first-order chi connectivity index (χ1) is 10.3. The van der Waals surface area contributed by atoms with E-state index in [2.05, 4.69) is 23.7 Å². The molecule has 1 heterocycles. The number of nitrogens with zero attached hydrogens (tertiary/aromatic N) is 1. The van der Waals surface area contributed by atoms with Crippen LogP contribution in [0.2, 0.25) is 0 Å². The Morgan fingerprint density at radius 1 is 1.14 bits per heavy atom. The van der Waals surface area contributed by atoms with E-state index in [0.717, 1.165) is 38.8 Å². The van der Waals surface area contributed by atoms with Crippen LogP contribution in [0.4, 0.5) is 0 Å². The summed E-state index contributed by atoms with van der Waals surface area (Å²) in [4.78, 5) is 13.7. The predicted octanol–water partition coefficient (Wildman–Crippen LogP) is 3.47. The molecule has 2 nitrogen and oxygen atoms in total. The van der Waals surface area contributed by atoms with Crippen molar-refractivity contribution in [1.82, 2.24) is 4.90 Å². The molecule has 0 aromatic carbocycles. The minimum atomic E-state index is 0.124.